The third-order valence-corrected chi connectivity index (χ3v) is 2.90. The monoisotopic (exact) mass is 279 g/mol. The van der Waals surface area contributed by atoms with Crippen molar-refractivity contribution in [1.29, 1.82) is 0 Å². The van der Waals surface area contributed by atoms with E-state index in [0.717, 1.165) is 11.6 Å². The van der Waals surface area contributed by atoms with E-state index in [1.165, 1.54) is 12.1 Å². The summed E-state index contributed by atoms with van der Waals surface area (Å²) in [5.74, 6) is -0.989. The quantitative estimate of drug-likeness (QED) is 0.656. The van der Waals surface area contributed by atoms with E-state index in [0.29, 0.717) is 5.69 Å². The van der Waals surface area contributed by atoms with E-state index in [1.807, 2.05) is 0 Å². The van der Waals surface area contributed by atoms with Crippen LogP contribution in [0.3, 0.4) is 0 Å². The molecule has 0 bridgehead atoms. The van der Waals surface area contributed by atoms with Crippen LogP contribution in [0.15, 0.2) is 30.5 Å². The van der Waals surface area contributed by atoms with E-state index in [9.17, 15) is 9.18 Å². The Kier molecular flexibility index (Phi) is 3.66. The van der Waals surface area contributed by atoms with E-state index >= 15 is 0 Å². The lowest BCUT2D eigenvalue weighted by atomic mass is 10.1. The minimum atomic E-state index is -0.563. The number of carbonyl (C=O) groups excluding carboxylic acids is 1. The molecule has 1 heterocycles. The number of rotatable bonds is 2. The van der Waals surface area contributed by atoms with Crippen molar-refractivity contribution in [3.63, 3.8) is 0 Å². The Morgan fingerprint density at radius 1 is 1.42 bits per heavy atom. The van der Waals surface area contributed by atoms with Crippen LogP contribution in [0.2, 0.25) is 5.15 Å². The van der Waals surface area contributed by atoms with E-state index < -0.39 is 11.7 Å². The standard InChI is InChI=1S/C13H11ClFN3O/c1-7-4-5-17-12(14)11(7)18-13(19)8-2-3-9(15)10(16)6-8/h2-6H,16H2,1H3,(H,18,19). The topological polar surface area (TPSA) is 68.0 Å². The smallest absolute Gasteiger partial charge is 0.255 e. The number of benzene rings is 1. The number of nitrogens with one attached hydrogen (secondary N) is 1. The lowest BCUT2D eigenvalue weighted by molar-refractivity contribution is 0.102. The molecule has 0 saturated carbocycles. The fourth-order valence-electron chi connectivity index (χ4n) is 1.55. The second-order valence-electron chi connectivity index (χ2n) is 3.98. The summed E-state index contributed by atoms with van der Waals surface area (Å²) < 4.78 is 13.0. The summed E-state index contributed by atoms with van der Waals surface area (Å²) in [6, 6.07) is 5.48. The number of carbonyl (C=O) groups is 1. The number of hydrogen-bond donors (Lipinski definition) is 2. The molecule has 0 saturated heterocycles. The maximum absolute atomic E-state index is 13.0. The van der Waals surface area contributed by atoms with Gasteiger partial charge >= 0.3 is 0 Å². The molecule has 1 aromatic carbocycles. The molecule has 2 rings (SSSR count). The zero-order valence-electron chi connectivity index (χ0n) is 10.1. The average molecular weight is 280 g/mol. The molecule has 0 aliphatic rings. The molecule has 6 heteroatoms. The Balaban J connectivity index is 2.28. The second-order valence-corrected chi connectivity index (χ2v) is 4.34. The van der Waals surface area contributed by atoms with Crippen molar-refractivity contribution < 1.29 is 9.18 Å². The molecule has 3 N–H and O–H groups in total. The van der Waals surface area contributed by atoms with Crippen molar-refractivity contribution in [3.8, 4) is 0 Å². The Morgan fingerprint density at radius 3 is 2.79 bits per heavy atom. The van der Waals surface area contributed by atoms with Crippen LogP contribution < -0.4 is 11.1 Å². The number of aryl methyl sites for hydroxylation is 1. The summed E-state index contributed by atoms with van der Waals surface area (Å²) in [4.78, 5) is 15.9. The molecule has 0 unspecified atom stereocenters. The fourth-order valence-corrected chi connectivity index (χ4v) is 1.80. The first-order chi connectivity index (χ1) is 8.99. The van der Waals surface area contributed by atoms with Crippen LogP contribution in [0.5, 0.6) is 0 Å². The number of halogens is 2. The summed E-state index contributed by atoms with van der Waals surface area (Å²) in [5, 5.41) is 2.83. The minimum Gasteiger partial charge on any atom is -0.396 e. The molecular formula is C13H11ClFN3O. The number of nitrogens with two attached hydrogens (primary N) is 1. The molecule has 4 nitrogen and oxygen atoms in total. The number of nitrogens with zero attached hydrogens (tertiary/aromatic N) is 1. The molecular weight excluding hydrogens is 269 g/mol. The predicted octanol–water partition coefficient (Wildman–Crippen LogP) is 3.02. The number of aromatic nitrogens is 1. The lowest BCUT2D eigenvalue weighted by Gasteiger charge is -2.09. The molecule has 98 valence electrons. The predicted molar refractivity (Wildman–Crippen MR) is 72.7 cm³/mol. The molecule has 0 atom stereocenters. The normalized spacial score (nSPS) is 10.3. The van der Waals surface area contributed by atoms with E-state index in [1.54, 1.807) is 19.2 Å². The number of anilines is 2. The Labute approximate surface area is 114 Å². The fraction of sp³-hybridized carbons (Fsp3) is 0.0769. The molecule has 2 aromatic rings. The van der Waals surface area contributed by atoms with Crippen molar-refractivity contribution >= 4 is 28.9 Å². The van der Waals surface area contributed by atoms with E-state index in [-0.39, 0.29) is 16.4 Å². The highest BCUT2D eigenvalue weighted by molar-refractivity contribution is 6.32. The zero-order valence-corrected chi connectivity index (χ0v) is 10.8. The summed E-state index contributed by atoms with van der Waals surface area (Å²) in [7, 11) is 0. The van der Waals surface area contributed by atoms with Crippen LogP contribution in [0.1, 0.15) is 15.9 Å². The highest BCUT2D eigenvalue weighted by Crippen LogP contribution is 2.23. The SMILES string of the molecule is Cc1ccnc(Cl)c1NC(=O)c1ccc(F)c(N)c1. The second kappa shape index (κ2) is 5.24. The summed E-state index contributed by atoms with van der Waals surface area (Å²) in [6.07, 6.45) is 1.54. The van der Waals surface area contributed by atoms with Crippen molar-refractivity contribution in [2.24, 2.45) is 0 Å². The Morgan fingerprint density at radius 2 is 2.16 bits per heavy atom. The summed E-state index contributed by atoms with van der Waals surface area (Å²) in [6.45, 7) is 1.79. The number of amides is 1. The first-order valence-electron chi connectivity index (χ1n) is 5.46. The van der Waals surface area contributed by atoms with Gasteiger partial charge in [0.15, 0.2) is 5.15 Å². The van der Waals surface area contributed by atoms with Gasteiger partial charge in [-0.3, -0.25) is 4.79 Å². The number of nitrogen functional groups attached to an aromatic ring is 1. The first kappa shape index (κ1) is 13.3. The summed E-state index contributed by atoms with van der Waals surface area (Å²) >= 11 is 5.91. The van der Waals surface area contributed by atoms with Gasteiger partial charge in [0.1, 0.15) is 5.82 Å². The molecule has 1 aromatic heterocycles. The van der Waals surface area contributed by atoms with Gasteiger partial charge in [-0.1, -0.05) is 11.6 Å². The molecule has 0 aliphatic carbocycles. The number of hydrogen-bond acceptors (Lipinski definition) is 3. The first-order valence-corrected chi connectivity index (χ1v) is 5.84. The number of pyridine rings is 1. The van der Waals surface area contributed by atoms with Crippen LogP contribution in [0, 0.1) is 12.7 Å². The van der Waals surface area contributed by atoms with Crippen molar-refractivity contribution in [2.45, 2.75) is 6.92 Å². The van der Waals surface area contributed by atoms with Crippen LogP contribution >= 0.6 is 11.6 Å². The molecule has 1 amide bonds. The molecule has 0 aliphatic heterocycles. The van der Waals surface area contributed by atoms with Gasteiger partial charge in [0.2, 0.25) is 0 Å². The third-order valence-electron chi connectivity index (χ3n) is 2.61. The van der Waals surface area contributed by atoms with Gasteiger partial charge in [-0.05, 0) is 36.8 Å². The Hall–Kier alpha value is -2.14. The van der Waals surface area contributed by atoms with Gasteiger partial charge in [0.25, 0.3) is 5.91 Å². The van der Waals surface area contributed by atoms with Crippen LogP contribution in [-0.2, 0) is 0 Å². The Bertz CT molecular complexity index is 626. The maximum atomic E-state index is 13.0. The largest absolute Gasteiger partial charge is 0.396 e. The van der Waals surface area contributed by atoms with Gasteiger partial charge in [0.05, 0.1) is 11.4 Å². The summed E-state index contributed by atoms with van der Waals surface area (Å²) in [5.41, 5.74) is 6.79. The zero-order chi connectivity index (χ0) is 14.0. The van der Waals surface area contributed by atoms with Crippen LogP contribution in [-0.4, -0.2) is 10.9 Å². The maximum Gasteiger partial charge on any atom is 0.255 e. The van der Waals surface area contributed by atoms with E-state index in [4.69, 9.17) is 17.3 Å². The van der Waals surface area contributed by atoms with Crippen molar-refractivity contribution in [3.05, 3.63) is 52.6 Å². The molecule has 0 fully saturated rings. The molecule has 19 heavy (non-hydrogen) atoms. The van der Waals surface area contributed by atoms with Gasteiger partial charge in [-0.15, -0.1) is 0 Å². The minimum absolute atomic E-state index is 0.0818. The highest BCUT2D eigenvalue weighted by atomic mass is 35.5. The van der Waals surface area contributed by atoms with Crippen molar-refractivity contribution in [2.75, 3.05) is 11.1 Å². The van der Waals surface area contributed by atoms with Gasteiger partial charge < -0.3 is 11.1 Å². The third kappa shape index (κ3) is 2.82. The lowest BCUT2D eigenvalue weighted by Crippen LogP contribution is -2.14. The van der Waals surface area contributed by atoms with Gasteiger partial charge in [-0.25, -0.2) is 9.37 Å². The van der Waals surface area contributed by atoms with Crippen molar-refractivity contribution in [1.82, 2.24) is 4.98 Å². The molecule has 0 radical (unpaired) electrons. The van der Waals surface area contributed by atoms with Gasteiger partial charge in [0, 0.05) is 11.8 Å². The van der Waals surface area contributed by atoms with Gasteiger partial charge in [-0.2, -0.15) is 0 Å². The highest BCUT2D eigenvalue weighted by Gasteiger charge is 2.12. The molecule has 0 spiro atoms. The van der Waals surface area contributed by atoms with Crippen LogP contribution in [0.25, 0.3) is 0 Å². The average Bonchev–Trinajstić information content (AvgIpc) is 2.37. The van der Waals surface area contributed by atoms with E-state index in [2.05, 4.69) is 10.3 Å². The van der Waals surface area contributed by atoms with Crippen LogP contribution in [0.4, 0.5) is 15.8 Å².